The van der Waals surface area contributed by atoms with E-state index >= 15 is 0 Å². The molecule has 2 N–H and O–H groups in total. The summed E-state index contributed by atoms with van der Waals surface area (Å²) in [7, 11) is 0. The SMILES string of the molecule is CCN1C(=O)COc2ccc([C@](O)([C@H](C)c3ccc(Oc4ccc(C(=O)O)c(Cl)n4)cc3Cl)C(F)(F)F)cc21. The monoisotopic (exact) mass is 584 g/mol. The zero-order chi connectivity index (χ0) is 28.7. The third-order valence-corrected chi connectivity index (χ3v) is 7.05. The third-order valence-electron chi connectivity index (χ3n) is 6.43. The van der Waals surface area contributed by atoms with Crippen molar-refractivity contribution in [2.24, 2.45) is 0 Å². The van der Waals surface area contributed by atoms with Crippen molar-refractivity contribution >= 4 is 40.8 Å². The molecule has 39 heavy (non-hydrogen) atoms. The summed E-state index contributed by atoms with van der Waals surface area (Å²) in [5.74, 6) is -3.06. The largest absolute Gasteiger partial charge is 0.482 e. The molecule has 2 atom stereocenters. The molecule has 1 aliphatic rings. The molecule has 1 aliphatic heterocycles. The molecule has 2 heterocycles. The van der Waals surface area contributed by atoms with Crippen LogP contribution >= 0.6 is 23.2 Å². The topological polar surface area (TPSA) is 109 Å². The molecule has 0 bridgehead atoms. The summed E-state index contributed by atoms with van der Waals surface area (Å²) in [5, 5.41) is 19.9. The van der Waals surface area contributed by atoms with Crippen LogP contribution in [0, 0.1) is 0 Å². The number of pyridine rings is 1. The number of fused-ring (bicyclic) bond motifs is 1. The van der Waals surface area contributed by atoms with Crippen LogP contribution in [0.3, 0.4) is 0 Å². The summed E-state index contributed by atoms with van der Waals surface area (Å²) < 4.78 is 54.5. The van der Waals surface area contributed by atoms with Crippen LogP contribution in [0.15, 0.2) is 48.5 Å². The number of anilines is 1. The fourth-order valence-electron chi connectivity index (χ4n) is 4.35. The number of halogens is 5. The van der Waals surface area contributed by atoms with Crippen LogP contribution in [0.25, 0.3) is 0 Å². The smallest absolute Gasteiger partial charge is 0.422 e. The molecule has 0 saturated heterocycles. The lowest BCUT2D eigenvalue weighted by Crippen LogP contribution is -2.47. The Balaban J connectivity index is 1.69. The van der Waals surface area contributed by atoms with Crippen molar-refractivity contribution in [1.82, 2.24) is 4.98 Å². The number of benzene rings is 2. The fraction of sp³-hybridized carbons (Fsp3) is 0.269. The zero-order valence-corrected chi connectivity index (χ0v) is 21.9. The number of aromatic nitrogens is 1. The number of ether oxygens (including phenoxy) is 2. The summed E-state index contributed by atoms with van der Waals surface area (Å²) in [6, 6.07) is 9.77. The number of amides is 1. The van der Waals surface area contributed by atoms with Crippen LogP contribution in [0.4, 0.5) is 18.9 Å². The number of hydrogen-bond acceptors (Lipinski definition) is 6. The molecule has 1 amide bonds. The van der Waals surface area contributed by atoms with Gasteiger partial charge in [-0.3, -0.25) is 4.79 Å². The van der Waals surface area contributed by atoms with Crippen LogP contribution < -0.4 is 14.4 Å². The van der Waals surface area contributed by atoms with Crippen molar-refractivity contribution in [3.8, 4) is 17.4 Å². The van der Waals surface area contributed by atoms with E-state index in [0.717, 1.165) is 12.1 Å². The summed E-state index contributed by atoms with van der Waals surface area (Å²) in [6.45, 7) is 2.81. The number of hydrogen-bond donors (Lipinski definition) is 2. The van der Waals surface area contributed by atoms with Crippen molar-refractivity contribution < 1.29 is 42.4 Å². The Hall–Kier alpha value is -3.54. The lowest BCUT2D eigenvalue weighted by atomic mass is 9.77. The summed E-state index contributed by atoms with van der Waals surface area (Å²) in [6.07, 6.45) is -5.14. The average molecular weight is 585 g/mol. The van der Waals surface area contributed by atoms with Crippen molar-refractivity contribution in [3.05, 3.63) is 75.4 Å². The maximum absolute atomic E-state index is 14.5. The van der Waals surface area contributed by atoms with Crippen LogP contribution in [0.5, 0.6) is 17.4 Å². The Morgan fingerprint density at radius 2 is 1.90 bits per heavy atom. The van der Waals surface area contributed by atoms with Gasteiger partial charge in [0.2, 0.25) is 5.88 Å². The van der Waals surface area contributed by atoms with E-state index in [1.165, 1.54) is 48.2 Å². The standard InChI is InChI=1S/C26H21Cl2F3N2O6/c1-3-33-19-10-14(4-8-20(19)38-12-22(33)34)25(37,26(29,30)31)13(2)16-6-5-15(11-18(16)27)39-21-9-7-17(24(35)36)23(28)32-21/h4-11,13,37H,3,12H2,1-2H3,(H,35,36)/t13-,25-/m1/s1. The number of aromatic carboxylic acids is 1. The second kappa shape index (κ2) is 10.6. The molecule has 3 aromatic rings. The molecule has 206 valence electrons. The molecule has 0 unspecified atom stereocenters. The van der Waals surface area contributed by atoms with Crippen LogP contribution in [-0.4, -0.2) is 46.4 Å². The van der Waals surface area contributed by atoms with Gasteiger partial charge in [0.05, 0.1) is 11.3 Å². The minimum atomic E-state index is -5.14. The van der Waals surface area contributed by atoms with E-state index in [1.54, 1.807) is 6.92 Å². The zero-order valence-electron chi connectivity index (χ0n) is 20.4. The molecule has 1 aromatic heterocycles. The maximum atomic E-state index is 14.5. The quantitative estimate of drug-likeness (QED) is 0.319. The highest BCUT2D eigenvalue weighted by Crippen LogP contribution is 2.51. The first-order valence-electron chi connectivity index (χ1n) is 11.5. The predicted octanol–water partition coefficient (Wildman–Crippen LogP) is 6.18. The molecule has 2 aromatic carbocycles. The Labute approximate surface area is 230 Å². The second-order valence-electron chi connectivity index (χ2n) is 8.67. The molecule has 0 fully saturated rings. The summed E-state index contributed by atoms with van der Waals surface area (Å²) >= 11 is 12.2. The maximum Gasteiger partial charge on any atom is 0.422 e. The number of rotatable bonds is 7. The van der Waals surface area contributed by atoms with E-state index < -0.39 is 35.1 Å². The average Bonchev–Trinajstić information content (AvgIpc) is 2.86. The van der Waals surface area contributed by atoms with Gasteiger partial charge >= 0.3 is 12.1 Å². The number of carboxylic acids is 1. The molecule has 0 saturated carbocycles. The minimum absolute atomic E-state index is 0.0338. The van der Waals surface area contributed by atoms with Gasteiger partial charge in [0, 0.05) is 23.6 Å². The molecule has 0 aliphatic carbocycles. The van der Waals surface area contributed by atoms with E-state index in [-0.39, 0.29) is 57.5 Å². The number of carbonyl (C=O) groups excluding carboxylic acids is 1. The van der Waals surface area contributed by atoms with Gasteiger partial charge in [0.1, 0.15) is 16.7 Å². The Kier molecular flexibility index (Phi) is 7.70. The number of likely N-dealkylation sites (N-methyl/N-ethyl adjacent to an activating group) is 1. The van der Waals surface area contributed by atoms with Gasteiger partial charge in [-0.15, -0.1) is 0 Å². The van der Waals surface area contributed by atoms with Crippen LogP contribution in [0.2, 0.25) is 10.2 Å². The van der Waals surface area contributed by atoms with Crippen molar-refractivity contribution in [2.75, 3.05) is 18.1 Å². The molecule has 13 heteroatoms. The molecular weight excluding hydrogens is 564 g/mol. The summed E-state index contributed by atoms with van der Waals surface area (Å²) in [5.41, 5.74) is -4.04. The predicted molar refractivity (Wildman–Crippen MR) is 136 cm³/mol. The molecule has 8 nitrogen and oxygen atoms in total. The minimum Gasteiger partial charge on any atom is -0.482 e. The molecule has 4 rings (SSSR count). The number of aliphatic hydroxyl groups is 1. The third kappa shape index (κ3) is 5.21. The van der Waals surface area contributed by atoms with E-state index in [0.29, 0.717) is 0 Å². The van der Waals surface area contributed by atoms with Gasteiger partial charge in [-0.1, -0.05) is 42.3 Å². The van der Waals surface area contributed by atoms with Crippen molar-refractivity contribution in [3.63, 3.8) is 0 Å². The first-order chi connectivity index (χ1) is 18.3. The number of alkyl halides is 3. The normalized spacial score (nSPS) is 15.7. The number of carboxylic acid groups (broad SMARTS) is 1. The van der Waals surface area contributed by atoms with Crippen molar-refractivity contribution in [1.29, 1.82) is 0 Å². The van der Waals surface area contributed by atoms with Crippen LogP contribution in [0.1, 0.15) is 41.3 Å². The van der Waals surface area contributed by atoms with Gasteiger partial charge < -0.3 is 24.6 Å². The van der Waals surface area contributed by atoms with E-state index in [9.17, 15) is 27.9 Å². The number of carbonyl (C=O) groups is 2. The van der Waals surface area contributed by atoms with Gasteiger partial charge in [0.15, 0.2) is 12.2 Å². The van der Waals surface area contributed by atoms with Gasteiger partial charge in [0.25, 0.3) is 5.91 Å². The molecule has 0 radical (unpaired) electrons. The van der Waals surface area contributed by atoms with Crippen LogP contribution in [-0.2, 0) is 10.4 Å². The van der Waals surface area contributed by atoms with Crippen molar-refractivity contribution in [2.45, 2.75) is 31.5 Å². The Morgan fingerprint density at radius 3 is 2.49 bits per heavy atom. The first kappa shape index (κ1) is 28.5. The fourth-order valence-corrected chi connectivity index (χ4v) is 4.91. The first-order valence-corrected chi connectivity index (χ1v) is 12.3. The number of nitrogens with zero attached hydrogens (tertiary/aromatic N) is 2. The lowest BCUT2D eigenvalue weighted by molar-refractivity contribution is -0.274. The van der Waals surface area contributed by atoms with E-state index in [2.05, 4.69) is 4.98 Å². The van der Waals surface area contributed by atoms with Gasteiger partial charge in [-0.25, -0.2) is 9.78 Å². The Bertz CT molecular complexity index is 1450. The molecule has 0 spiro atoms. The molecular formula is C26H21Cl2F3N2O6. The van der Waals surface area contributed by atoms with Gasteiger partial charge in [-0.2, -0.15) is 13.2 Å². The highest BCUT2D eigenvalue weighted by atomic mass is 35.5. The van der Waals surface area contributed by atoms with Gasteiger partial charge in [-0.05, 0) is 48.4 Å². The Morgan fingerprint density at radius 1 is 1.18 bits per heavy atom. The van der Waals surface area contributed by atoms with E-state index in [4.69, 9.17) is 37.8 Å². The lowest BCUT2D eigenvalue weighted by Gasteiger charge is -2.38. The van der Waals surface area contributed by atoms with E-state index in [1.807, 2.05) is 0 Å². The highest BCUT2D eigenvalue weighted by Gasteiger charge is 2.59. The summed E-state index contributed by atoms with van der Waals surface area (Å²) in [4.78, 5) is 28.4. The second-order valence-corrected chi connectivity index (χ2v) is 9.44. The highest BCUT2D eigenvalue weighted by molar-refractivity contribution is 6.32.